The minimum Gasteiger partial charge on any atom is -0.497 e. The second kappa shape index (κ2) is 12.3. The van der Waals surface area contributed by atoms with Crippen molar-refractivity contribution in [1.29, 1.82) is 0 Å². The first-order chi connectivity index (χ1) is 15.6. The molecule has 1 aliphatic heterocycles. The lowest BCUT2D eigenvalue weighted by atomic mass is 10.1. The van der Waals surface area contributed by atoms with Crippen LogP contribution in [0.1, 0.15) is 43.0 Å². The number of methoxy groups -OCH3 is 2. The zero-order chi connectivity index (χ0) is 22.8. The number of ether oxygens (including phenoxy) is 2. The van der Waals surface area contributed by atoms with E-state index in [2.05, 4.69) is 27.7 Å². The Balaban J connectivity index is 1.68. The Morgan fingerprint density at radius 2 is 1.72 bits per heavy atom. The van der Waals surface area contributed by atoms with Gasteiger partial charge in [0.05, 0.1) is 32.9 Å². The Morgan fingerprint density at radius 1 is 1.00 bits per heavy atom. The summed E-state index contributed by atoms with van der Waals surface area (Å²) in [4.78, 5) is 7.36. The highest BCUT2D eigenvalue weighted by molar-refractivity contribution is 5.79. The van der Waals surface area contributed by atoms with Crippen molar-refractivity contribution in [2.75, 3.05) is 46.9 Å². The first kappa shape index (κ1) is 23.9. The molecule has 2 atom stereocenters. The average Bonchev–Trinajstić information content (AvgIpc) is 3.37. The van der Waals surface area contributed by atoms with Gasteiger partial charge in [-0.25, -0.2) is 0 Å². The van der Waals surface area contributed by atoms with Gasteiger partial charge < -0.3 is 25.2 Å². The molecule has 174 valence electrons. The molecule has 0 radical (unpaired) electrons. The second-order valence-electron chi connectivity index (χ2n) is 7.92. The van der Waals surface area contributed by atoms with Crippen LogP contribution in [0.2, 0.25) is 0 Å². The fourth-order valence-electron chi connectivity index (χ4n) is 3.99. The second-order valence-corrected chi connectivity index (χ2v) is 7.92. The number of benzene rings is 2. The van der Waals surface area contributed by atoms with E-state index in [1.165, 1.54) is 18.4 Å². The first-order valence-corrected chi connectivity index (χ1v) is 11.4. The Hall–Kier alpha value is -2.77. The summed E-state index contributed by atoms with van der Waals surface area (Å²) in [5.74, 6) is 2.34. The van der Waals surface area contributed by atoms with Crippen LogP contribution in [-0.2, 0) is 0 Å². The van der Waals surface area contributed by atoms with Crippen LogP contribution in [-0.4, -0.2) is 62.9 Å². The maximum absolute atomic E-state index is 10.6. The topological polar surface area (TPSA) is 78.4 Å². The third kappa shape index (κ3) is 6.61. The van der Waals surface area contributed by atoms with Crippen molar-refractivity contribution in [2.45, 2.75) is 31.9 Å². The van der Waals surface area contributed by atoms with E-state index in [1.807, 2.05) is 43.3 Å². The van der Waals surface area contributed by atoms with Crippen LogP contribution in [0.4, 0.5) is 0 Å². The summed E-state index contributed by atoms with van der Waals surface area (Å²) in [6.07, 6.45) is 1.80. The molecule has 0 spiro atoms. The summed E-state index contributed by atoms with van der Waals surface area (Å²) in [6, 6.07) is 15.9. The van der Waals surface area contributed by atoms with Crippen LogP contribution >= 0.6 is 0 Å². The molecule has 0 aliphatic carbocycles. The van der Waals surface area contributed by atoms with Crippen molar-refractivity contribution >= 4 is 5.96 Å². The van der Waals surface area contributed by atoms with Gasteiger partial charge in [-0.1, -0.05) is 24.3 Å². The zero-order valence-corrected chi connectivity index (χ0v) is 19.4. The Bertz CT molecular complexity index is 851. The van der Waals surface area contributed by atoms with Crippen LogP contribution in [0.15, 0.2) is 53.5 Å². The van der Waals surface area contributed by atoms with Crippen LogP contribution in [0.5, 0.6) is 11.5 Å². The first-order valence-electron chi connectivity index (χ1n) is 11.4. The maximum atomic E-state index is 10.6. The quantitative estimate of drug-likeness (QED) is 0.389. The predicted octanol–water partition coefficient (Wildman–Crippen LogP) is 3.13. The van der Waals surface area contributed by atoms with E-state index in [-0.39, 0.29) is 6.04 Å². The van der Waals surface area contributed by atoms with Gasteiger partial charge in [-0.3, -0.25) is 9.89 Å². The molecule has 0 saturated carbocycles. The predicted molar refractivity (Wildman–Crippen MR) is 128 cm³/mol. The minimum atomic E-state index is -0.641. The van der Waals surface area contributed by atoms with E-state index in [0.29, 0.717) is 19.0 Å². The van der Waals surface area contributed by atoms with E-state index in [4.69, 9.17) is 14.5 Å². The molecular formula is C25H36N4O3. The van der Waals surface area contributed by atoms with E-state index in [1.54, 1.807) is 14.2 Å². The normalized spacial score (nSPS) is 16.4. The Labute approximate surface area is 191 Å². The van der Waals surface area contributed by atoms with Gasteiger partial charge in [0.25, 0.3) is 0 Å². The van der Waals surface area contributed by atoms with Gasteiger partial charge in [-0.2, -0.15) is 0 Å². The number of aliphatic imine (C=N–C) groups is 1. The summed E-state index contributed by atoms with van der Waals surface area (Å²) in [6.45, 7) is 5.94. The van der Waals surface area contributed by atoms with Crippen molar-refractivity contribution in [3.8, 4) is 11.5 Å². The highest BCUT2D eigenvalue weighted by Crippen LogP contribution is 2.28. The molecule has 1 saturated heterocycles. The van der Waals surface area contributed by atoms with Crippen molar-refractivity contribution in [3.63, 3.8) is 0 Å². The summed E-state index contributed by atoms with van der Waals surface area (Å²) in [7, 11) is 3.33. The molecule has 1 fully saturated rings. The molecule has 0 bridgehead atoms. The van der Waals surface area contributed by atoms with Crippen LogP contribution in [0.25, 0.3) is 0 Å². The lowest BCUT2D eigenvalue weighted by Gasteiger charge is -2.27. The largest absolute Gasteiger partial charge is 0.497 e. The SMILES string of the molecule is CCNC(=NCC(c1cccc(OC)c1)N1CCCC1)NCC(O)c1ccc(OC)cc1. The summed E-state index contributed by atoms with van der Waals surface area (Å²) in [5.41, 5.74) is 2.05. The van der Waals surface area contributed by atoms with E-state index in [0.717, 1.165) is 36.7 Å². The highest BCUT2D eigenvalue weighted by atomic mass is 16.5. The molecule has 2 unspecified atom stereocenters. The molecule has 7 heteroatoms. The smallest absolute Gasteiger partial charge is 0.191 e. The van der Waals surface area contributed by atoms with Gasteiger partial charge in [-0.15, -0.1) is 0 Å². The molecule has 3 N–H and O–H groups in total. The fraction of sp³-hybridized carbons (Fsp3) is 0.480. The standard InChI is InChI=1S/C25H36N4O3/c1-4-26-25(28-18-24(30)19-10-12-21(31-2)13-11-19)27-17-23(29-14-5-6-15-29)20-8-7-9-22(16-20)32-3/h7-13,16,23-24,30H,4-6,14-15,17-18H2,1-3H3,(H2,26,27,28). The molecule has 32 heavy (non-hydrogen) atoms. The minimum absolute atomic E-state index is 0.189. The zero-order valence-electron chi connectivity index (χ0n) is 19.4. The van der Waals surface area contributed by atoms with Gasteiger partial charge in [-0.05, 0) is 68.2 Å². The molecule has 3 rings (SSSR count). The lowest BCUT2D eigenvalue weighted by Crippen LogP contribution is -2.40. The number of hydrogen-bond donors (Lipinski definition) is 3. The van der Waals surface area contributed by atoms with Crippen molar-refractivity contribution < 1.29 is 14.6 Å². The number of nitrogens with zero attached hydrogens (tertiary/aromatic N) is 2. The third-order valence-electron chi connectivity index (χ3n) is 5.79. The van der Waals surface area contributed by atoms with Gasteiger partial charge >= 0.3 is 0 Å². The third-order valence-corrected chi connectivity index (χ3v) is 5.79. The maximum Gasteiger partial charge on any atom is 0.191 e. The molecule has 7 nitrogen and oxygen atoms in total. The van der Waals surface area contributed by atoms with Gasteiger partial charge in [0.15, 0.2) is 5.96 Å². The summed E-state index contributed by atoms with van der Waals surface area (Å²) >= 11 is 0. The molecular weight excluding hydrogens is 404 g/mol. The number of nitrogens with one attached hydrogen (secondary N) is 2. The van der Waals surface area contributed by atoms with Crippen LogP contribution in [0.3, 0.4) is 0 Å². The number of aliphatic hydroxyl groups excluding tert-OH is 1. The summed E-state index contributed by atoms with van der Waals surface area (Å²) in [5, 5.41) is 17.2. The van der Waals surface area contributed by atoms with Crippen LogP contribution < -0.4 is 20.1 Å². The molecule has 0 amide bonds. The molecule has 1 heterocycles. The molecule has 1 aliphatic rings. The van der Waals surface area contributed by atoms with Crippen molar-refractivity contribution in [3.05, 3.63) is 59.7 Å². The van der Waals surface area contributed by atoms with Gasteiger partial charge in [0.1, 0.15) is 11.5 Å². The van der Waals surface area contributed by atoms with Gasteiger partial charge in [0, 0.05) is 13.1 Å². The molecule has 2 aromatic rings. The molecule has 0 aromatic heterocycles. The highest BCUT2D eigenvalue weighted by Gasteiger charge is 2.24. The van der Waals surface area contributed by atoms with E-state index >= 15 is 0 Å². The number of aliphatic hydroxyl groups is 1. The molecule has 2 aromatic carbocycles. The van der Waals surface area contributed by atoms with E-state index < -0.39 is 6.10 Å². The number of hydrogen-bond acceptors (Lipinski definition) is 5. The van der Waals surface area contributed by atoms with Crippen LogP contribution in [0, 0.1) is 0 Å². The summed E-state index contributed by atoms with van der Waals surface area (Å²) < 4.78 is 10.6. The Morgan fingerprint density at radius 3 is 2.38 bits per heavy atom. The van der Waals surface area contributed by atoms with Crippen molar-refractivity contribution in [1.82, 2.24) is 15.5 Å². The number of rotatable bonds is 10. The number of guanidine groups is 1. The van der Waals surface area contributed by atoms with E-state index in [9.17, 15) is 5.11 Å². The fourth-order valence-corrected chi connectivity index (χ4v) is 3.99. The average molecular weight is 441 g/mol. The van der Waals surface area contributed by atoms with Crippen molar-refractivity contribution in [2.24, 2.45) is 4.99 Å². The van der Waals surface area contributed by atoms with Gasteiger partial charge in [0.2, 0.25) is 0 Å². The number of likely N-dealkylation sites (tertiary alicyclic amines) is 1. The monoisotopic (exact) mass is 440 g/mol. The Kier molecular flexibility index (Phi) is 9.19. The lowest BCUT2D eigenvalue weighted by molar-refractivity contribution is 0.180.